The molecule has 0 bridgehead atoms. The summed E-state index contributed by atoms with van der Waals surface area (Å²) in [6, 6.07) is 26.9. The van der Waals surface area contributed by atoms with Crippen LogP contribution in [0.1, 0.15) is 33.1 Å². The molecule has 1 fully saturated rings. The van der Waals surface area contributed by atoms with E-state index in [1.165, 1.54) is 21.6 Å². The lowest BCUT2D eigenvalue weighted by Crippen LogP contribution is -3.15. The van der Waals surface area contributed by atoms with E-state index in [4.69, 9.17) is 11.6 Å². The Morgan fingerprint density at radius 2 is 1.45 bits per heavy atom. The molecule has 0 radical (unpaired) electrons. The molecule has 1 amide bonds. The van der Waals surface area contributed by atoms with E-state index in [1.807, 2.05) is 48.2 Å². The van der Waals surface area contributed by atoms with Gasteiger partial charge >= 0.3 is 0 Å². The Morgan fingerprint density at radius 1 is 0.862 bits per heavy atom. The minimum Gasteiger partial charge on any atom is -0.327 e. The van der Waals surface area contributed by atoms with Crippen LogP contribution in [0.3, 0.4) is 0 Å². The van der Waals surface area contributed by atoms with Gasteiger partial charge in [0, 0.05) is 21.7 Å². The molecule has 3 aromatic rings. The fourth-order valence-corrected chi connectivity index (χ4v) is 4.25. The van der Waals surface area contributed by atoms with E-state index < -0.39 is 0 Å². The summed E-state index contributed by atoms with van der Waals surface area (Å²) in [4.78, 5) is 16.3. The number of carbonyl (C=O) groups is 1. The maximum absolute atomic E-state index is 12.9. The number of carbonyl (C=O) groups excluding carboxylic acids is 1. The van der Waals surface area contributed by atoms with Gasteiger partial charge in [0.15, 0.2) is 0 Å². The maximum atomic E-state index is 12.9. The van der Waals surface area contributed by atoms with Crippen LogP contribution in [-0.2, 0) is 0 Å². The molecule has 4 rings (SSSR count). The topological polar surface area (TPSA) is 24.8 Å². The first-order valence-electron chi connectivity index (χ1n) is 10.1. The van der Waals surface area contributed by atoms with Crippen molar-refractivity contribution in [2.75, 3.05) is 26.2 Å². The Bertz CT molecular complexity index is 946. The summed E-state index contributed by atoms with van der Waals surface area (Å²) in [6.07, 6.45) is 0. The predicted octanol–water partition coefficient (Wildman–Crippen LogP) is 3.78. The number of piperazine rings is 1. The zero-order valence-corrected chi connectivity index (χ0v) is 17.4. The molecule has 0 saturated carbocycles. The van der Waals surface area contributed by atoms with Crippen LogP contribution in [0.2, 0.25) is 5.02 Å². The van der Waals surface area contributed by atoms with Crippen LogP contribution in [-0.4, -0.2) is 37.0 Å². The number of hydrogen-bond donors (Lipinski definition) is 1. The molecule has 148 valence electrons. The first-order chi connectivity index (χ1) is 14.1. The molecule has 3 aromatic carbocycles. The second kappa shape index (κ2) is 8.81. The lowest BCUT2D eigenvalue weighted by Gasteiger charge is -2.37. The van der Waals surface area contributed by atoms with Crippen LogP contribution in [0.15, 0.2) is 78.9 Å². The number of halogens is 1. The van der Waals surface area contributed by atoms with E-state index in [0.29, 0.717) is 0 Å². The lowest BCUT2D eigenvalue weighted by atomic mass is 9.96. The molecule has 0 aliphatic carbocycles. The number of hydrogen-bond acceptors (Lipinski definition) is 1. The van der Waals surface area contributed by atoms with Gasteiger partial charge in [-0.1, -0.05) is 71.8 Å². The largest absolute Gasteiger partial charge is 0.327 e. The molecule has 1 unspecified atom stereocenters. The molecule has 4 heteroatoms. The second-order valence-corrected chi connectivity index (χ2v) is 8.15. The molecule has 3 nitrogen and oxygen atoms in total. The van der Waals surface area contributed by atoms with Crippen molar-refractivity contribution >= 4 is 17.5 Å². The zero-order chi connectivity index (χ0) is 20.2. The summed E-state index contributed by atoms with van der Waals surface area (Å²) >= 11 is 6.12. The summed E-state index contributed by atoms with van der Waals surface area (Å²) in [5.41, 5.74) is 4.50. The van der Waals surface area contributed by atoms with Crippen LogP contribution in [0.25, 0.3) is 0 Å². The van der Waals surface area contributed by atoms with Gasteiger partial charge in [-0.15, -0.1) is 0 Å². The number of quaternary nitrogens is 1. The summed E-state index contributed by atoms with van der Waals surface area (Å²) in [5.74, 6) is 0.131. The minimum atomic E-state index is 0.131. The van der Waals surface area contributed by atoms with Crippen LogP contribution < -0.4 is 4.90 Å². The Labute approximate surface area is 177 Å². The molecular formula is C25H26ClN2O+. The first kappa shape index (κ1) is 19.7. The van der Waals surface area contributed by atoms with Crippen molar-refractivity contribution in [1.82, 2.24) is 4.90 Å². The van der Waals surface area contributed by atoms with Gasteiger partial charge in [-0.05, 0) is 31.2 Å². The average Bonchev–Trinajstić information content (AvgIpc) is 2.77. The lowest BCUT2D eigenvalue weighted by molar-refractivity contribution is -0.929. The summed E-state index contributed by atoms with van der Waals surface area (Å²) in [6.45, 7) is 5.40. The number of aryl methyl sites for hydroxylation is 1. The number of nitrogens with one attached hydrogen (secondary N) is 1. The Hall–Kier alpha value is -2.62. The average molecular weight is 406 g/mol. The van der Waals surface area contributed by atoms with E-state index >= 15 is 0 Å². The quantitative estimate of drug-likeness (QED) is 0.702. The molecule has 1 heterocycles. The standard InChI is InChI=1S/C25H25ClN2O/c1-19-7-9-22(10-8-19)25(29)28-17-15-27(16-18-28)24(20-5-3-2-4-6-20)21-11-13-23(26)14-12-21/h2-14,24H,15-18H2,1H3/p+1. The smallest absolute Gasteiger partial charge is 0.254 e. The SMILES string of the molecule is Cc1ccc(C(=O)N2CC[NH+](C(c3ccccc3)c3ccc(Cl)cc3)CC2)cc1. The highest BCUT2D eigenvalue weighted by molar-refractivity contribution is 6.30. The molecular weight excluding hydrogens is 380 g/mol. The molecule has 1 atom stereocenters. The molecule has 0 aromatic heterocycles. The van der Waals surface area contributed by atoms with Crippen LogP contribution >= 0.6 is 11.6 Å². The highest BCUT2D eigenvalue weighted by atomic mass is 35.5. The van der Waals surface area contributed by atoms with Crippen molar-refractivity contribution in [3.05, 3.63) is 106 Å². The van der Waals surface area contributed by atoms with Gasteiger partial charge in [-0.3, -0.25) is 4.79 Å². The van der Waals surface area contributed by atoms with E-state index in [2.05, 4.69) is 42.5 Å². The van der Waals surface area contributed by atoms with Gasteiger partial charge < -0.3 is 9.80 Å². The van der Waals surface area contributed by atoms with Gasteiger partial charge in [-0.2, -0.15) is 0 Å². The van der Waals surface area contributed by atoms with Crippen molar-refractivity contribution in [3.63, 3.8) is 0 Å². The maximum Gasteiger partial charge on any atom is 0.254 e. The Balaban J connectivity index is 1.51. The minimum absolute atomic E-state index is 0.131. The van der Waals surface area contributed by atoms with Crippen molar-refractivity contribution in [3.8, 4) is 0 Å². The fourth-order valence-electron chi connectivity index (χ4n) is 4.13. The summed E-state index contributed by atoms with van der Waals surface area (Å²) in [7, 11) is 0. The monoisotopic (exact) mass is 405 g/mol. The molecule has 0 spiro atoms. The van der Waals surface area contributed by atoms with Gasteiger partial charge in [0.25, 0.3) is 5.91 Å². The van der Waals surface area contributed by atoms with E-state index in [1.54, 1.807) is 0 Å². The van der Waals surface area contributed by atoms with E-state index in [-0.39, 0.29) is 11.9 Å². The van der Waals surface area contributed by atoms with Crippen molar-refractivity contribution in [2.24, 2.45) is 0 Å². The third kappa shape index (κ3) is 4.52. The highest BCUT2D eigenvalue weighted by Crippen LogP contribution is 2.21. The second-order valence-electron chi connectivity index (χ2n) is 7.71. The zero-order valence-electron chi connectivity index (χ0n) is 16.6. The number of nitrogens with zero attached hydrogens (tertiary/aromatic N) is 1. The Kier molecular flexibility index (Phi) is 5.98. The molecule has 1 aliphatic heterocycles. The molecule has 29 heavy (non-hydrogen) atoms. The predicted molar refractivity (Wildman–Crippen MR) is 118 cm³/mol. The summed E-state index contributed by atoms with van der Waals surface area (Å²) in [5, 5.41) is 0.754. The first-order valence-corrected chi connectivity index (χ1v) is 10.5. The van der Waals surface area contributed by atoms with Gasteiger partial charge in [-0.25, -0.2) is 0 Å². The van der Waals surface area contributed by atoms with Crippen molar-refractivity contribution < 1.29 is 9.69 Å². The Morgan fingerprint density at radius 3 is 2.07 bits per heavy atom. The van der Waals surface area contributed by atoms with Crippen molar-refractivity contribution in [1.29, 1.82) is 0 Å². The highest BCUT2D eigenvalue weighted by Gasteiger charge is 2.31. The van der Waals surface area contributed by atoms with Crippen LogP contribution in [0.4, 0.5) is 0 Å². The van der Waals surface area contributed by atoms with Gasteiger partial charge in [0.2, 0.25) is 0 Å². The molecule has 1 N–H and O–H groups in total. The normalized spacial score (nSPS) is 15.9. The van der Waals surface area contributed by atoms with Gasteiger partial charge in [0.1, 0.15) is 6.04 Å². The van der Waals surface area contributed by atoms with Crippen LogP contribution in [0.5, 0.6) is 0 Å². The fraction of sp³-hybridized carbons (Fsp3) is 0.240. The summed E-state index contributed by atoms with van der Waals surface area (Å²) < 4.78 is 0. The van der Waals surface area contributed by atoms with Gasteiger partial charge in [0.05, 0.1) is 26.2 Å². The third-order valence-electron chi connectivity index (χ3n) is 5.74. The van der Waals surface area contributed by atoms with E-state index in [9.17, 15) is 4.79 Å². The number of amides is 1. The number of rotatable bonds is 4. The van der Waals surface area contributed by atoms with Crippen LogP contribution in [0, 0.1) is 6.92 Å². The van der Waals surface area contributed by atoms with E-state index in [0.717, 1.165) is 36.8 Å². The molecule has 1 aliphatic rings. The van der Waals surface area contributed by atoms with Crippen molar-refractivity contribution in [2.45, 2.75) is 13.0 Å². The third-order valence-corrected chi connectivity index (χ3v) is 5.99. The molecule has 1 saturated heterocycles. The number of benzene rings is 3.